The Hall–Kier alpha value is 0.450. The summed E-state index contributed by atoms with van der Waals surface area (Å²) in [6, 6.07) is 0. The van der Waals surface area contributed by atoms with Gasteiger partial charge in [0.2, 0.25) is 0 Å². The normalized spacial score (nSPS) is 24.0. The van der Waals surface area contributed by atoms with E-state index in [4.69, 9.17) is 21.0 Å². The van der Waals surface area contributed by atoms with Crippen molar-refractivity contribution in [2.45, 2.75) is 46.4 Å². The molecule has 0 aliphatic carbocycles. The van der Waals surface area contributed by atoms with Gasteiger partial charge in [-0.1, -0.05) is 49.1 Å². The minimum Gasteiger partial charge on any atom is -0.328 e. The average Bonchev–Trinajstić information content (AvgIpc) is 2.76. The Morgan fingerprint density at radius 2 is 2.20 bits per heavy atom. The van der Waals surface area contributed by atoms with Crippen LogP contribution in [0.5, 0.6) is 0 Å². The Morgan fingerprint density at radius 1 is 1.50 bits per heavy atom. The molecule has 20 heavy (non-hydrogen) atoms. The number of nitrogens with zero attached hydrogens (tertiary/aromatic N) is 2. The maximum atomic E-state index is 5.61. The van der Waals surface area contributed by atoms with Crippen molar-refractivity contribution in [1.82, 2.24) is 0 Å². The molecule has 2 unspecified atom stereocenters. The molecule has 0 bridgehead atoms. The second kappa shape index (κ2) is 8.79. The molecule has 0 N–H and O–H groups in total. The summed E-state index contributed by atoms with van der Waals surface area (Å²) in [6.07, 6.45) is 1.04. The lowest BCUT2D eigenvalue weighted by Crippen LogP contribution is -2.05. The van der Waals surface area contributed by atoms with Gasteiger partial charge in [-0.25, -0.2) is 0 Å². The van der Waals surface area contributed by atoms with Gasteiger partial charge in [0.25, 0.3) is 0 Å². The van der Waals surface area contributed by atoms with Gasteiger partial charge in [0.1, 0.15) is 5.37 Å². The topological polar surface area (TPSA) is 43.2 Å². The molecular formula is C12H23N2O2PS3. The standard InChI is InChI=1S/C12H23N2O2PS3/c1-6-8-19-17(18,15-7-2)16-14-12-10(5)13-11(20-12)9(3)4/h9,11H,6-8H2,1-5H3. The van der Waals surface area contributed by atoms with Crippen LogP contribution in [0.1, 0.15) is 41.0 Å². The van der Waals surface area contributed by atoms with Gasteiger partial charge in [0.05, 0.1) is 12.3 Å². The molecule has 0 aromatic heterocycles. The fourth-order valence-corrected chi connectivity index (χ4v) is 6.61. The number of hydrogen-bond donors (Lipinski definition) is 0. The monoisotopic (exact) mass is 354 g/mol. The molecule has 0 fully saturated rings. The highest BCUT2D eigenvalue weighted by Gasteiger charge is 2.27. The molecule has 0 saturated heterocycles. The molecule has 1 aliphatic rings. The lowest BCUT2D eigenvalue weighted by atomic mass is 10.2. The third kappa shape index (κ3) is 5.68. The summed E-state index contributed by atoms with van der Waals surface area (Å²) in [4.78, 5) is 4.58. The average molecular weight is 355 g/mol. The summed E-state index contributed by atoms with van der Waals surface area (Å²) < 4.78 is 11.2. The smallest absolute Gasteiger partial charge is 0.321 e. The molecule has 1 heterocycles. The molecule has 1 rings (SSSR count). The highest BCUT2D eigenvalue weighted by Crippen LogP contribution is 2.61. The maximum absolute atomic E-state index is 5.61. The van der Waals surface area contributed by atoms with Crippen LogP contribution in [0.3, 0.4) is 0 Å². The maximum Gasteiger partial charge on any atom is 0.321 e. The van der Waals surface area contributed by atoms with Crippen molar-refractivity contribution in [3.63, 3.8) is 0 Å². The first-order valence-corrected chi connectivity index (χ1v) is 11.9. The van der Waals surface area contributed by atoms with E-state index >= 15 is 0 Å². The largest absolute Gasteiger partial charge is 0.328 e. The third-order valence-corrected chi connectivity index (χ3v) is 9.12. The predicted molar refractivity (Wildman–Crippen MR) is 96.5 cm³/mol. The first kappa shape index (κ1) is 18.5. The van der Waals surface area contributed by atoms with Gasteiger partial charge in [0, 0.05) is 5.75 Å². The Kier molecular flexibility index (Phi) is 8.13. The van der Waals surface area contributed by atoms with Crippen molar-refractivity contribution >= 4 is 51.4 Å². The van der Waals surface area contributed by atoms with Gasteiger partial charge in [0.15, 0.2) is 5.04 Å². The predicted octanol–water partition coefficient (Wildman–Crippen LogP) is 4.91. The molecule has 0 aromatic carbocycles. The number of oxime groups is 1. The van der Waals surface area contributed by atoms with Crippen molar-refractivity contribution < 1.29 is 9.15 Å². The molecule has 0 aromatic rings. The van der Waals surface area contributed by atoms with Crippen LogP contribution in [0.2, 0.25) is 0 Å². The fraction of sp³-hybridized carbons (Fsp3) is 0.833. The zero-order valence-electron chi connectivity index (χ0n) is 12.7. The van der Waals surface area contributed by atoms with Crippen molar-refractivity contribution in [1.29, 1.82) is 0 Å². The van der Waals surface area contributed by atoms with Gasteiger partial charge in [-0.2, -0.15) is 0 Å². The van der Waals surface area contributed by atoms with Gasteiger partial charge < -0.3 is 9.15 Å². The molecule has 2 atom stereocenters. The van der Waals surface area contributed by atoms with Crippen LogP contribution in [0.25, 0.3) is 0 Å². The molecule has 8 heteroatoms. The van der Waals surface area contributed by atoms with Gasteiger partial charge in [-0.05, 0) is 38.0 Å². The highest BCUT2D eigenvalue weighted by molar-refractivity contribution is 8.67. The first-order chi connectivity index (χ1) is 9.41. The Bertz CT molecular complexity index is 427. The Balaban J connectivity index is 2.69. The molecule has 0 saturated carbocycles. The second-order valence-corrected chi connectivity index (χ2v) is 12.1. The van der Waals surface area contributed by atoms with Crippen LogP contribution in [0, 0.1) is 5.92 Å². The van der Waals surface area contributed by atoms with Gasteiger partial charge >= 0.3 is 5.69 Å². The molecule has 0 radical (unpaired) electrons. The van der Waals surface area contributed by atoms with E-state index in [0.717, 1.165) is 22.9 Å². The first-order valence-electron chi connectivity index (χ1n) is 6.79. The van der Waals surface area contributed by atoms with E-state index in [-0.39, 0.29) is 5.37 Å². The zero-order valence-corrected chi connectivity index (χ0v) is 16.0. The molecular weight excluding hydrogens is 331 g/mol. The van der Waals surface area contributed by atoms with Crippen LogP contribution in [-0.2, 0) is 21.0 Å². The lowest BCUT2D eigenvalue weighted by Gasteiger charge is -2.17. The van der Waals surface area contributed by atoms with E-state index in [9.17, 15) is 0 Å². The van der Waals surface area contributed by atoms with Crippen molar-refractivity contribution in [3.05, 3.63) is 0 Å². The fourth-order valence-electron chi connectivity index (χ4n) is 1.38. The van der Waals surface area contributed by atoms with E-state index in [1.807, 2.05) is 13.8 Å². The molecule has 0 amide bonds. The van der Waals surface area contributed by atoms with E-state index < -0.39 is 5.69 Å². The van der Waals surface area contributed by atoms with Crippen LogP contribution in [0.15, 0.2) is 10.1 Å². The van der Waals surface area contributed by atoms with Gasteiger partial charge in [-0.15, -0.1) is 0 Å². The molecule has 1 aliphatic heterocycles. The number of rotatable bonds is 8. The summed E-state index contributed by atoms with van der Waals surface area (Å²) in [5.41, 5.74) is -1.44. The lowest BCUT2D eigenvalue weighted by molar-refractivity contribution is 0.281. The highest BCUT2D eigenvalue weighted by atomic mass is 32.9. The van der Waals surface area contributed by atoms with E-state index in [2.05, 4.69) is 30.9 Å². The van der Waals surface area contributed by atoms with E-state index in [1.165, 1.54) is 0 Å². The van der Waals surface area contributed by atoms with E-state index in [1.54, 1.807) is 23.1 Å². The quantitative estimate of drug-likeness (QED) is 0.458. The van der Waals surface area contributed by atoms with Crippen LogP contribution >= 0.6 is 28.8 Å². The SMILES string of the molecule is CCCSP(=S)(OCC)ON=C1SC(C(C)C)N=C1C. The number of thioether (sulfide) groups is 1. The number of aliphatic imine (C=N–C) groups is 1. The summed E-state index contributed by atoms with van der Waals surface area (Å²) in [5.74, 6) is 1.41. The van der Waals surface area contributed by atoms with Crippen molar-refractivity contribution in [2.75, 3.05) is 12.4 Å². The van der Waals surface area contributed by atoms with Crippen LogP contribution in [0.4, 0.5) is 0 Å². The number of hydrogen-bond acceptors (Lipinski definition) is 7. The Labute approximate surface area is 135 Å². The third-order valence-electron chi connectivity index (χ3n) is 2.40. The summed E-state index contributed by atoms with van der Waals surface area (Å²) >= 11 is 8.70. The summed E-state index contributed by atoms with van der Waals surface area (Å²) in [6.45, 7) is 10.9. The summed E-state index contributed by atoms with van der Waals surface area (Å²) in [5, 5.41) is 5.28. The second-order valence-electron chi connectivity index (χ2n) is 4.64. The summed E-state index contributed by atoms with van der Waals surface area (Å²) in [7, 11) is 0. The zero-order chi connectivity index (χ0) is 15.2. The van der Waals surface area contributed by atoms with E-state index in [0.29, 0.717) is 12.5 Å². The minimum atomic E-state index is -2.36. The Morgan fingerprint density at radius 3 is 2.70 bits per heavy atom. The van der Waals surface area contributed by atoms with Crippen molar-refractivity contribution in [2.24, 2.45) is 16.1 Å². The van der Waals surface area contributed by atoms with Crippen LogP contribution in [-0.4, -0.2) is 28.5 Å². The van der Waals surface area contributed by atoms with Crippen molar-refractivity contribution in [3.8, 4) is 0 Å². The molecule has 0 spiro atoms. The minimum absolute atomic E-state index is 0.227. The van der Waals surface area contributed by atoms with Gasteiger partial charge in [-0.3, -0.25) is 4.99 Å². The van der Waals surface area contributed by atoms with Crippen LogP contribution < -0.4 is 0 Å². The molecule has 4 nitrogen and oxygen atoms in total. The molecule has 116 valence electrons.